The number of carbonyl (C=O) groups is 2. The Kier molecular flexibility index (Phi) is 7.72. The first-order chi connectivity index (χ1) is 14.1. The van der Waals surface area contributed by atoms with Crippen LogP contribution in [0.1, 0.15) is 75.1 Å². The lowest BCUT2D eigenvalue weighted by Crippen LogP contribution is -2.38. The van der Waals surface area contributed by atoms with Crippen molar-refractivity contribution in [3.8, 4) is 0 Å². The van der Waals surface area contributed by atoms with Crippen LogP contribution < -0.4 is 15.5 Å². The van der Waals surface area contributed by atoms with E-state index in [0.717, 1.165) is 51.0 Å². The molecule has 2 fully saturated rings. The number of anilines is 2. The minimum atomic E-state index is -0.746. The van der Waals surface area contributed by atoms with Gasteiger partial charge in [-0.2, -0.15) is 0 Å². The third-order valence-corrected chi connectivity index (χ3v) is 5.91. The van der Waals surface area contributed by atoms with E-state index in [1.165, 1.54) is 19.3 Å². The Balaban J connectivity index is 1.74. The van der Waals surface area contributed by atoms with Gasteiger partial charge in [0, 0.05) is 32.1 Å². The number of nitrogens with one attached hydrogen (secondary N) is 2. The van der Waals surface area contributed by atoms with Crippen LogP contribution in [0.2, 0.25) is 0 Å². The molecule has 0 bridgehead atoms. The number of aliphatic carboxylic acids is 1. The molecule has 0 aromatic carbocycles. The molecule has 1 amide bonds. The zero-order valence-electron chi connectivity index (χ0n) is 17.5. The second kappa shape index (κ2) is 10.5. The molecule has 2 heterocycles. The fourth-order valence-corrected chi connectivity index (χ4v) is 4.38. The van der Waals surface area contributed by atoms with Crippen LogP contribution in [0.25, 0.3) is 0 Å². The molecule has 1 atom stereocenters. The molecule has 7 heteroatoms. The average Bonchev–Trinajstić information content (AvgIpc) is 2.72. The molecule has 1 aliphatic carbocycles. The maximum Gasteiger partial charge on any atom is 0.303 e. The van der Waals surface area contributed by atoms with E-state index < -0.39 is 5.97 Å². The number of hydrogen-bond acceptors (Lipinski definition) is 5. The molecule has 7 nitrogen and oxygen atoms in total. The quantitative estimate of drug-likeness (QED) is 0.614. The summed E-state index contributed by atoms with van der Waals surface area (Å²) < 4.78 is 0. The standard InChI is InChI=1S/C22H34N4O3/c1-2-12-23-21-18(22(29)24-17-8-4-3-5-9-17)10-11-19(25-21)26-13-6-7-16(15-26)14-20(27)28/h10-11,16-17H,2-9,12-15H2,1H3,(H,23,25)(H,24,29)(H,27,28). The number of carbonyl (C=O) groups excluding carboxylic acids is 1. The highest BCUT2D eigenvalue weighted by Crippen LogP contribution is 2.27. The molecule has 3 rings (SSSR count). The second-order valence-corrected chi connectivity index (χ2v) is 8.35. The first kappa shape index (κ1) is 21.4. The van der Waals surface area contributed by atoms with E-state index in [0.29, 0.717) is 17.9 Å². The minimum absolute atomic E-state index is 0.0584. The topological polar surface area (TPSA) is 94.6 Å². The first-order valence-corrected chi connectivity index (χ1v) is 11.1. The lowest BCUT2D eigenvalue weighted by atomic mass is 9.95. The van der Waals surface area contributed by atoms with E-state index in [1.54, 1.807) is 0 Å². The second-order valence-electron chi connectivity index (χ2n) is 8.35. The zero-order valence-corrected chi connectivity index (χ0v) is 17.5. The van der Waals surface area contributed by atoms with Gasteiger partial charge in [0.05, 0.1) is 5.56 Å². The van der Waals surface area contributed by atoms with Crippen LogP contribution in [-0.2, 0) is 4.79 Å². The highest BCUT2D eigenvalue weighted by molar-refractivity contribution is 5.99. The van der Waals surface area contributed by atoms with Gasteiger partial charge in [0.25, 0.3) is 5.91 Å². The lowest BCUT2D eigenvalue weighted by molar-refractivity contribution is -0.138. The van der Waals surface area contributed by atoms with E-state index in [2.05, 4.69) is 22.5 Å². The van der Waals surface area contributed by atoms with Gasteiger partial charge in [-0.3, -0.25) is 9.59 Å². The summed E-state index contributed by atoms with van der Waals surface area (Å²) in [4.78, 5) is 30.9. The summed E-state index contributed by atoms with van der Waals surface area (Å²) in [6.07, 6.45) is 8.74. The van der Waals surface area contributed by atoms with Crippen molar-refractivity contribution in [1.82, 2.24) is 10.3 Å². The number of amides is 1. The summed E-state index contributed by atoms with van der Waals surface area (Å²) in [7, 11) is 0. The smallest absolute Gasteiger partial charge is 0.303 e. The largest absolute Gasteiger partial charge is 0.481 e. The van der Waals surface area contributed by atoms with Gasteiger partial charge < -0.3 is 20.6 Å². The van der Waals surface area contributed by atoms with Crippen LogP contribution in [0.15, 0.2) is 12.1 Å². The third kappa shape index (κ3) is 6.08. The van der Waals surface area contributed by atoms with Gasteiger partial charge in [-0.25, -0.2) is 4.98 Å². The molecule has 1 saturated heterocycles. The van der Waals surface area contributed by atoms with Crippen molar-refractivity contribution in [2.45, 2.75) is 70.8 Å². The van der Waals surface area contributed by atoms with E-state index in [1.807, 2.05) is 12.1 Å². The molecule has 1 saturated carbocycles. The number of carboxylic acid groups (broad SMARTS) is 1. The summed E-state index contributed by atoms with van der Waals surface area (Å²) in [5, 5.41) is 15.6. The molecular weight excluding hydrogens is 368 g/mol. The van der Waals surface area contributed by atoms with Crippen LogP contribution in [0, 0.1) is 5.92 Å². The molecule has 1 aromatic rings. The Morgan fingerprint density at radius 1 is 1.17 bits per heavy atom. The Morgan fingerprint density at radius 2 is 1.97 bits per heavy atom. The summed E-state index contributed by atoms with van der Waals surface area (Å²) >= 11 is 0. The highest BCUT2D eigenvalue weighted by atomic mass is 16.4. The van der Waals surface area contributed by atoms with Gasteiger partial charge in [0.1, 0.15) is 11.6 Å². The molecular formula is C22H34N4O3. The van der Waals surface area contributed by atoms with E-state index in [4.69, 9.17) is 10.1 Å². The Bertz CT molecular complexity index is 703. The summed E-state index contributed by atoms with van der Waals surface area (Å²) in [5.41, 5.74) is 0.590. The average molecular weight is 403 g/mol. The Hall–Kier alpha value is -2.31. The molecule has 3 N–H and O–H groups in total. The Morgan fingerprint density at radius 3 is 2.69 bits per heavy atom. The summed E-state index contributed by atoms with van der Waals surface area (Å²) in [6.45, 7) is 4.39. The monoisotopic (exact) mass is 402 g/mol. The van der Waals surface area contributed by atoms with Crippen molar-refractivity contribution in [1.29, 1.82) is 0 Å². The highest BCUT2D eigenvalue weighted by Gasteiger charge is 2.25. The van der Waals surface area contributed by atoms with Crippen LogP contribution in [0.4, 0.5) is 11.6 Å². The van der Waals surface area contributed by atoms with Gasteiger partial charge in [0.2, 0.25) is 0 Å². The molecule has 160 valence electrons. The van der Waals surface area contributed by atoms with E-state index >= 15 is 0 Å². The SMILES string of the molecule is CCCNc1nc(N2CCCC(CC(=O)O)C2)ccc1C(=O)NC1CCCCC1. The predicted octanol–water partition coefficient (Wildman–Crippen LogP) is 3.66. The van der Waals surface area contributed by atoms with Crippen LogP contribution >= 0.6 is 0 Å². The van der Waals surface area contributed by atoms with Crippen molar-refractivity contribution < 1.29 is 14.7 Å². The number of rotatable bonds is 8. The lowest BCUT2D eigenvalue weighted by Gasteiger charge is -2.33. The van der Waals surface area contributed by atoms with E-state index in [-0.39, 0.29) is 24.3 Å². The number of pyridine rings is 1. The van der Waals surface area contributed by atoms with Crippen molar-refractivity contribution in [2.75, 3.05) is 29.9 Å². The number of aromatic nitrogens is 1. The number of carboxylic acids is 1. The number of nitrogens with zero attached hydrogens (tertiary/aromatic N) is 2. The van der Waals surface area contributed by atoms with Gasteiger partial charge in [-0.1, -0.05) is 26.2 Å². The number of piperidine rings is 1. The molecule has 1 unspecified atom stereocenters. The van der Waals surface area contributed by atoms with Gasteiger partial charge in [0.15, 0.2) is 0 Å². The first-order valence-electron chi connectivity index (χ1n) is 11.1. The molecule has 1 aromatic heterocycles. The van der Waals surface area contributed by atoms with Gasteiger partial charge >= 0.3 is 5.97 Å². The maximum absolute atomic E-state index is 12.9. The summed E-state index contributed by atoms with van der Waals surface area (Å²) in [6, 6.07) is 4.02. The van der Waals surface area contributed by atoms with Crippen molar-refractivity contribution in [3.63, 3.8) is 0 Å². The van der Waals surface area contributed by atoms with Crippen molar-refractivity contribution >= 4 is 23.5 Å². The minimum Gasteiger partial charge on any atom is -0.481 e. The van der Waals surface area contributed by atoms with Gasteiger partial charge in [-0.15, -0.1) is 0 Å². The van der Waals surface area contributed by atoms with E-state index in [9.17, 15) is 9.59 Å². The molecule has 0 radical (unpaired) electrons. The fraction of sp³-hybridized carbons (Fsp3) is 0.682. The molecule has 1 aliphatic heterocycles. The molecule has 2 aliphatic rings. The molecule has 29 heavy (non-hydrogen) atoms. The Labute approximate surface area is 173 Å². The van der Waals surface area contributed by atoms with Crippen LogP contribution in [0.3, 0.4) is 0 Å². The normalized spacial score (nSPS) is 20.3. The maximum atomic E-state index is 12.9. The third-order valence-electron chi connectivity index (χ3n) is 5.91. The fourth-order valence-electron chi connectivity index (χ4n) is 4.38. The van der Waals surface area contributed by atoms with Crippen molar-refractivity contribution in [3.05, 3.63) is 17.7 Å². The van der Waals surface area contributed by atoms with Crippen molar-refractivity contribution in [2.24, 2.45) is 5.92 Å². The summed E-state index contributed by atoms with van der Waals surface area (Å²) in [5.74, 6) is 0.775. The predicted molar refractivity (Wildman–Crippen MR) is 115 cm³/mol. The van der Waals surface area contributed by atoms with Crippen LogP contribution in [-0.4, -0.2) is 47.6 Å². The van der Waals surface area contributed by atoms with Gasteiger partial charge in [-0.05, 0) is 50.2 Å². The molecule has 0 spiro atoms. The van der Waals surface area contributed by atoms with Crippen LogP contribution in [0.5, 0.6) is 0 Å². The zero-order chi connectivity index (χ0) is 20.6. The number of hydrogen-bond donors (Lipinski definition) is 3.